The van der Waals surface area contributed by atoms with Crippen molar-refractivity contribution in [1.82, 2.24) is 0 Å². The van der Waals surface area contributed by atoms with Gasteiger partial charge in [-0.2, -0.15) is 26.3 Å². The number of fused-ring (bicyclic) bond motifs is 2. The highest BCUT2D eigenvalue weighted by Gasteiger charge is 2.39. The zero-order chi connectivity index (χ0) is 23.5. The van der Waals surface area contributed by atoms with Crippen molar-refractivity contribution in [2.24, 2.45) is 0 Å². The molecular weight excluding hydrogens is 426 g/mol. The molecule has 32 heavy (non-hydrogen) atoms. The van der Waals surface area contributed by atoms with Crippen molar-refractivity contribution in [1.29, 1.82) is 0 Å². The van der Waals surface area contributed by atoms with Crippen molar-refractivity contribution in [3.05, 3.63) is 83.4 Å². The summed E-state index contributed by atoms with van der Waals surface area (Å²) < 4.78 is 83.9. The Morgan fingerprint density at radius 3 is 1.66 bits per heavy atom. The molecule has 0 saturated carbocycles. The Labute approximate surface area is 181 Å². The van der Waals surface area contributed by atoms with Crippen LogP contribution in [0.2, 0.25) is 0 Å². The minimum absolute atomic E-state index is 0.0202. The van der Waals surface area contributed by atoms with Crippen molar-refractivity contribution < 1.29 is 26.3 Å². The maximum absolute atomic E-state index is 14.2. The van der Waals surface area contributed by atoms with Gasteiger partial charge in [0.15, 0.2) is 0 Å². The fourth-order valence-corrected chi connectivity index (χ4v) is 4.31. The molecule has 0 aliphatic carbocycles. The number of halogens is 6. The van der Waals surface area contributed by atoms with Crippen LogP contribution in [0.4, 0.5) is 26.3 Å². The van der Waals surface area contributed by atoms with Gasteiger partial charge in [-0.05, 0) is 61.8 Å². The molecule has 4 aromatic rings. The molecule has 0 saturated heterocycles. The van der Waals surface area contributed by atoms with E-state index < -0.39 is 28.9 Å². The summed E-state index contributed by atoms with van der Waals surface area (Å²) in [5.74, 6) is 0. The molecule has 0 nitrogen and oxygen atoms in total. The van der Waals surface area contributed by atoms with Gasteiger partial charge in [-0.15, -0.1) is 0 Å². The van der Waals surface area contributed by atoms with Gasteiger partial charge in [0.2, 0.25) is 0 Å². The first-order chi connectivity index (χ1) is 14.8. The fourth-order valence-electron chi connectivity index (χ4n) is 4.31. The van der Waals surface area contributed by atoms with E-state index in [-0.39, 0.29) is 16.7 Å². The van der Waals surface area contributed by atoms with Crippen LogP contribution in [0, 0.1) is 0 Å². The largest absolute Gasteiger partial charge is 0.416 e. The summed E-state index contributed by atoms with van der Waals surface area (Å²) in [5.41, 5.74) is -2.41. The van der Waals surface area contributed by atoms with Crippen LogP contribution >= 0.6 is 0 Å². The molecule has 0 radical (unpaired) electrons. The molecule has 166 valence electrons. The summed E-state index contributed by atoms with van der Waals surface area (Å²) >= 11 is 0. The lowest BCUT2D eigenvalue weighted by Crippen LogP contribution is -2.21. The summed E-state index contributed by atoms with van der Waals surface area (Å²) in [6.07, 6.45) is -9.31. The predicted molar refractivity (Wildman–Crippen MR) is 116 cm³/mol. The van der Waals surface area contributed by atoms with E-state index in [0.29, 0.717) is 21.5 Å². The predicted octanol–water partition coefficient (Wildman–Crippen LogP) is 9.00. The lowest BCUT2D eigenvalue weighted by Gasteiger charge is -2.30. The Morgan fingerprint density at radius 1 is 0.594 bits per heavy atom. The smallest absolute Gasteiger partial charge is 0.166 e. The molecule has 0 aliphatic rings. The molecule has 6 heteroatoms. The standard InChI is InChI=1S/C26H20F6/c1-24(2,3)23-21(26(30,31)32)13-16-9-5-7-11-19(16)22(23)20-14-17(25(27,28)29)12-15-8-4-6-10-18(15)20/h4-14H,1-3H3. The fraction of sp³-hybridized carbons (Fsp3) is 0.231. The topological polar surface area (TPSA) is 0 Å². The van der Waals surface area contributed by atoms with Crippen molar-refractivity contribution in [3.8, 4) is 11.1 Å². The average molecular weight is 446 g/mol. The van der Waals surface area contributed by atoms with Gasteiger partial charge < -0.3 is 0 Å². The molecule has 0 heterocycles. The molecule has 4 rings (SSSR count). The molecule has 0 spiro atoms. The summed E-state index contributed by atoms with van der Waals surface area (Å²) in [6, 6.07) is 16.1. The molecule has 0 aromatic heterocycles. The third-order valence-corrected chi connectivity index (χ3v) is 5.56. The van der Waals surface area contributed by atoms with E-state index in [1.807, 2.05) is 0 Å². The van der Waals surface area contributed by atoms with Crippen molar-refractivity contribution >= 4 is 21.5 Å². The van der Waals surface area contributed by atoms with Crippen molar-refractivity contribution in [3.63, 3.8) is 0 Å². The van der Waals surface area contributed by atoms with Crippen LogP contribution in [0.1, 0.15) is 37.5 Å². The minimum atomic E-state index is -4.67. The van der Waals surface area contributed by atoms with E-state index in [0.717, 1.165) is 18.2 Å². The number of rotatable bonds is 1. The van der Waals surface area contributed by atoms with Gasteiger partial charge in [-0.1, -0.05) is 69.3 Å². The van der Waals surface area contributed by atoms with E-state index >= 15 is 0 Å². The molecule has 0 amide bonds. The van der Waals surface area contributed by atoms with Crippen LogP contribution < -0.4 is 0 Å². The van der Waals surface area contributed by atoms with E-state index in [1.165, 1.54) is 0 Å². The molecule has 0 aliphatic heterocycles. The highest BCUT2D eigenvalue weighted by molar-refractivity contribution is 6.07. The first kappa shape index (κ1) is 22.2. The van der Waals surface area contributed by atoms with Crippen LogP contribution in [-0.2, 0) is 17.8 Å². The van der Waals surface area contributed by atoms with E-state index in [2.05, 4.69) is 0 Å². The van der Waals surface area contributed by atoms with Crippen molar-refractivity contribution in [2.75, 3.05) is 0 Å². The van der Waals surface area contributed by atoms with Gasteiger partial charge in [0, 0.05) is 0 Å². The normalized spacial score (nSPS) is 13.2. The molecule has 0 atom stereocenters. The minimum Gasteiger partial charge on any atom is -0.166 e. The summed E-state index contributed by atoms with van der Waals surface area (Å²) in [7, 11) is 0. The van der Waals surface area contributed by atoms with Gasteiger partial charge in [-0.25, -0.2) is 0 Å². The van der Waals surface area contributed by atoms with Crippen LogP contribution in [0.15, 0.2) is 66.7 Å². The molecular formula is C26H20F6. The summed E-state index contributed by atoms with van der Waals surface area (Å²) in [4.78, 5) is 0. The number of alkyl halides is 6. The molecule has 0 unspecified atom stereocenters. The van der Waals surface area contributed by atoms with Crippen LogP contribution in [-0.4, -0.2) is 0 Å². The van der Waals surface area contributed by atoms with Gasteiger partial charge in [0.25, 0.3) is 0 Å². The van der Waals surface area contributed by atoms with Crippen LogP contribution in [0.25, 0.3) is 32.7 Å². The Morgan fingerprint density at radius 2 is 1.12 bits per heavy atom. The van der Waals surface area contributed by atoms with Crippen LogP contribution in [0.3, 0.4) is 0 Å². The third-order valence-electron chi connectivity index (χ3n) is 5.56. The molecule has 0 bridgehead atoms. The molecule has 4 aromatic carbocycles. The first-order valence-electron chi connectivity index (χ1n) is 10.0. The lowest BCUT2D eigenvalue weighted by atomic mass is 9.75. The Bertz CT molecular complexity index is 1320. The van der Waals surface area contributed by atoms with Gasteiger partial charge >= 0.3 is 12.4 Å². The Hall–Kier alpha value is -3.02. The van der Waals surface area contributed by atoms with Gasteiger partial charge in [0.05, 0.1) is 11.1 Å². The van der Waals surface area contributed by atoms with Crippen LogP contribution in [0.5, 0.6) is 0 Å². The number of benzene rings is 4. The SMILES string of the molecule is CC(C)(C)c1c(C(F)(F)F)cc2ccccc2c1-c1cc(C(F)(F)F)cc2ccccc12. The average Bonchev–Trinajstić information content (AvgIpc) is 2.69. The second-order valence-corrected chi connectivity index (χ2v) is 8.89. The lowest BCUT2D eigenvalue weighted by molar-refractivity contribution is -0.139. The Balaban J connectivity index is 2.30. The molecule has 0 N–H and O–H groups in total. The van der Waals surface area contributed by atoms with Gasteiger partial charge in [-0.3, -0.25) is 0 Å². The third kappa shape index (κ3) is 3.83. The first-order valence-corrected chi connectivity index (χ1v) is 10.0. The van der Waals surface area contributed by atoms with E-state index in [9.17, 15) is 26.3 Å². The highest BCUT2D eigenvalue weighted by Crippen LogP contribution is 2.48. The Kier molecular flexibility index (Phi) is 5.03. The van der Waals surface area contributed by atoms with Crippen molar-refractivity contribution in [2.45, 2.75) is 38.5 Å². The zero-order valence-electron chi connectivity index (χ0n) is 17.6. The van der Waals surface area contributed by atoms with E-state index in [4.69, 9.17) is 0 Å². The van der Waals surface area contributed by atoms with E-state index in [1.54, 1.807) is 69.3 Å². The number of hydrogen-bond donors (Lipinski definition) is 0. The quantitative estimate of drug-likeness (QED) is 0.256. The monoisotopic (exact) mass is 446 g/mol. The molecule has 0 fully saturated rings. The second kappa shape index (κ2) is 7.26. The summed E-state index contributed by atoms with van der Waals surface area (Å²) in [5, 5.41) is 1.59. The highest BCUT2D eigenvalue weighted by atomic mass is 19.4. The maximum atomic E-state index is 14.2. The summed E-state index contributed by atoms with van der Waals surface area (Å²) in [6.45, 7) is 4.93. The second-order valence-electron chi connectivity index (χ2n) is 8.89. The zero-order valence-corrected chi connectivity index (χ0v) is 17.6. The van der Waals surface area contributed by atoms with Gasteiger partial charge in [0.1, 0.15) is 0 Å². The maximum Gasteiger partial charge on any atom is 0.416 e. The number of hydrogen-bond acceptors (Lipinski definition) is 0.